The summed E-state index contributed by atoms with van der Waals surface area (Å²) in [6, 6.07) is 9.73. The summed E-state index contributed by atoms with van der Waals surface area (Å²) in [5.41, 5.74) is 0.969. The maximum atomic E-state index is 12.0. The summed E-state index contributed by atoms with van der Waals surface area (Å²) in [5, 5.41) is 20.8. The molecule has 1 amide bonds. The van der Waals surface area contributed by atoms with Crippen LogP contribution in [0.25, 0.3) is 0 Å². The summed E-state index contributed by atoms with van der Waals surface area (Å²) in [6.45, 7) is 0.501. The van der Waals surface area contributed by atoms with E-state index in [9.17, 15) is 14.9 Å². The summed E-state index contributed by atoms with van der Waals surface area (Å²) >= 11 is 0. The minimum Gasteiger partial charge on any atom is -0.347 e. The molecule has 2 aromatic heterocycles. The molecular weight excluding hydrogens is 328 g/mol. The molecule has 1 aromatic carbocycles. The highest BCUT2D eigenvalue weighted by molar-refractivity contribution is 5.89. The fraction of sp³-hybridized carbons (Fsp3) is 0.200. The van der Waals surface area contributed by atoms with Crippen molar-refractivity contribution in [3.63, 3.8) is 0 Å². The molecule has 0 aliphatic carbocycles. The van der Waals surface area contributed by atoms with Crippen LogP contribution in [0.15, 0.2) is 47.2 Å². The Labute approximate surface area is 141 Å². The van der Waals surface area contributed by atoms with Crippen LogP contribution in [-0.4, -0.2) is 37.3 Å². The zero-order chi connectivity index (χ0) is 17.6. The molecule has 0 radical (unpaired) electrons. The topological polar surface area (TPSA) is 129 Å². The Balaban J connectivity index is 1.53. The van der Waals surface area contributed by atoms with Crippen LogP contribution in [0.3, 0.4) is 0 Å². The standard InChI is InChI=1S/C15H14N6O4/c22-14(16-7-6-11-4-2-1-3-5-11)15-18-13(19-25-15)10-20-9-12(8-17-20)21(23)24/h1-5,8-9H,6-7,10H2,(H,16,22). The molecule has 0 spiro atoms. The first-order valence-corrected chi connectivity index (χ1v) is 7.43. The van der Waals surface area contributed by atoms with E-state index in [1.54, 1.807) is 0 Å². The number of benzene rings is 1. The molecule has 0 aliphatic rings. The molecule has 3 rings (SSSR count). The van der Waals surface area contributed by atoms with Crippen LogP contribution < -0.4 is 5.32 Å². The molecule has 0 saturated carbocycles. The number of carbonyl (C=O) groups is 1. The minimum atomic E-state index is -0.550. The number of aromatic nitrogens is 4. The van der Waals surface area contributed by atoms with Crippen molar-refractivity contribution in [2.45, 2.75) is 13.0 Å². The Bertz CT molecular complexity index is 873. The molecule has 0 unspecified atom stereocenters. The van der Waals surface area contributed by atoms with Gasteiger partial charge in [0, 0.05) is 6.54 Å². The van der Waals surface area contributed by atoms with Gasteiger partial charge in [0.1, 0.15) is 18.9 Å². The van der Waals surface area contributed by atoms with Crippen LogP contribution in [-0.2, 0) is 13.0 Å². The Morgan fingerprint density at radius 2 is 2.12 bits per heavy atom. The Kier molecular flexibility index (Phi) is 4.79. The molecule has 1 N–H and O–H groups in total. The van der Waals surface area contributed by atoms with E-state index in [1.807, 2.05) is 30.3 Å². The van der Waals surface area contributed by atoms with E-state index >= 15 is 0 Å². The largest absolute Gasteiger partial charge is 0.347 e. The van der Waals surface area contributed by atoms with Gasteiger partial charge in [-0.2, -0.15) is 10.1 Å². The molecule has 0 atom stereocenters. The van der Waals surface area contributed by atoms with Crippen LogP contribution in [0.4, 0.5) is 5.69 Å². The number of nitrogens with zero attached hydrogens (tertiary/aromatic N) is 5. The highest BCUT2D eigenvalue weighted by Crippen LogP contribution is 2.09. The zero-order valence-electron chi connectivity index (χ0n) is 13.0. The molecule has 0 aliphatic heterocycles. The molecule has 0 saturated heterocycles. The third kappa shape index (κ3) is 4.25. The van der Waals surface area contributed by atoms with Crippen molar-refractivity contribution in [2.75, 3.05) is 6.54 Å². The quantitative estimate of drug-likeness (QED) is 0.504. The first kappa shape index (κ1) is 16.3. The number of nitro groups is 1. The van der Waals surface area contributed by atoms with Crippen molar-refractivity contribution >= 4 is 11.6 Å². The monoisotopic (exact) mass is 342 g/mol. The number of carbonyl (C=O) groups excluding carboxylic acids is 1. The SMILES string of the molecule is O=C(NCCc1ccccc1)c1nc(Cn2cc([N+](=O)[O-])cn2)no1. The second kappa shape index (κ2) is 7.34. The van der Waals surface area contributed by atoms with Gasteiger partial charge in [-0.3, -0.25) is 19.6 Å². The van der Waals surface area contributed by atoms with Gasteiger partial charge < -0.3 is 9.84 Å². The lowest BCUT2D eigenvalue weighted by Gasteiger charge is -2.02. The summed E-state index contributed by atoms with van der Waals surface area (Å²) in [6.07, 6.45) is 3.05. The van der Waals surface area contributed by atoms with E-state index in [-0.39, 0.29) is 23.9 Å². The van der Waals surface area contributed by atoms with Crippen molar-refractivity contribution in [2.24, 2.45) is 0 Å². The predicted molar refractivity (Wildman–Crippen MR) is 84.8 cm³/mol. The fourth-order valence-corrected chi connectivity index (χ4v) is 2.13. The first-order chi connectivity index (χ1) is 12.1. The highest BCUT2D eigenvalue weighted by atomic mass is 16.6. The number of nitrogens with one attached hydrogen (secondary N) is 1. The number of amides is 1. The zero-order valence-corrected chi connectivity index (χ0v) is 13.0. The van der Waals surface area contributed by atoms with E-state index in [0.29, 0.717) is 13.0 Å². The smallest absolute Gasteiger partial charge is 0.316 e. The summed E-state index contributed by atoms with van der Waals surface area (Å²) in [5.74, 6) is -0.433. The Morgan fingerprint density at radius 3 is 2.84 bits per heavy atom. The van der Waals surface area contributed by atoms with E-state index in [1.165, 1.54) is 10.9 Å². The second-order valence-corrected chi connectivity index (χ2v) is 5.16. The van der Waals surface area contributed by atoms with Gasteiger partial charge in [0.25, 0.3) is 0 Å². The van der Waals surface area contributed by atoms with Crippen molar-refractivity contribution in [3.05, 3.63) is 70.1 Å². The first-order valence-electron chi connectivity index (χ1n) is 7.43. The van der Waals surface area contributed by atoms with Crippen LogP contribution in [0.2, 0.25) is 0 Å². The second-order valence-electron chi connectivity index (χ2n) is 5.16. The number of rotatable bonds is 7. The molecule has 2 heterocycles. The van der Waals surface area contributed by atoms with Gasteiger partial charge in [-0.05, 0) is 12.0 Å². The molecule has 3 aromatic rings. The Morgan fingerprint density at radius 1 is 1.32 bits per heavy atom. The van der Waals surface area contributed by atoms with Crippen molar-refractivity contribution in [1.29, 1.82) is 0 Å². The maximum absolute atomic E-state index is 12.0. The normalized spacial score (nSPS) is 10.6. The molecule has 0 bridgehead atoms. The molecule has 128 valence electrons. The summed E-state index contributed by atoms with van der Waals surface area (Å²) < 4.78 is 6.20. The molecular formula is C15H14N6O4. The lowest BCUT2D eigenvalue weighted by atomic mass is 10.1. The van der Waals surface area contributed by atoms with E-state index < -0.39 is 10.8 Å². The van der Waals surface area contributed by atoms with Gasteiger partial charge in [-0.1, -0.05) is 35.5 Å². The lowest BCUT2D eigenvalue weighted by molar-refractivity contribution is -0.385. The van der Waals surface area contributed by atoms with Gasteiger partial charge >= 0.3 is 17.5 Å². The van der Waals surface area contributed by atoms with Gasteiger partial charge in [-0.25, -0.2) is 0 Å². The van der Waals surface area contributed by atoms with Crippen LogP contribution >= 0.6 is 0 Å². The lowest BCUT2D eigenvalue weighted by Crippen LogP contribution is -2.26. The molecule has 10 nitrogen and oxygen atoms in total. The summed E-state index contributed by atoms with van der Waals surface area (Å²) in [7, 11) is 0. The maximum Gasteiger partial charge on any atom is 0.316 e. The Hall–Kier alpha value is -3.56. The fourth-order valence-electron chi connectivity index (χ4n) is 2.13. The van der Waals surface area contributed by atoms with E-state index in [4.69, 9.17) is 4.52 Å². The van der Waals surface area contributed by atoms with Crippen LogP contribution in [0.1, 0.15) is 22.1 Å². The van der Waals surface area contributed by atoms with Gasteiger partial charge in [0.15, 0.2) is 5.82 Å². The molecule has 10 heteroatoms. The predicted octanol–water partition coefficient (Wildman–Crippen LogP) is 1.20. The van der Waals surface area contributed by atoms with E-state index in [2.05, 4.69) is 20.6 Å². The van der Waals surface area contributed by atoms with Crippen molar-refractivity contribution in [1.82, 2.24) is 25.2 Å². The van der Waals surface area contributed by atoms with Crippen LogP contribution in [0, 0.1) is 10.1 Å². The molecule has 25 heavy (non-hydrogen) atoms. The van der Waals surface area contributed by atoms with Gasteiger partial charge in [-0.15, -0.1) is 0 Å². The average Bonchev–Trinajstić information content (AvgIpc) is 3.26. The minimum absolute atomic E-state index is 0.0641. The van der Waals surface area contributed by atoms with Crippen molar-refractivity contribution < 1.29 is 14.2 Å². The number of hydrogen-bond donors (Lipinski definition) is 1. The van der Waals surface area contributed by atoms with Crippen molar-refractivity contribution in [3.8, 4) is 0 Å². The third-order valence-corrected chi connectivity index (χ3v) is 3.34. The van der Waals surface area contributed by atoms with E-state index in [0.717, 1.165) is 11.8 Å². The molecule has 0 fully saturated rings. The van der Waals surface area contributed by atoms with Gasteiger partial charge in [0.2, 0.25) is 0 Å². The van der Waals surface area contributed by atoms with Crippen LogP contribution in [0.5, 0.6) is 0 Å². The number of hydrogen-bond acceptors (Lipinski definition) is 7. The van der Waals surface area contributed by atoms with Gasteiger partial charge in [0.05, 0.1) is 4.92 Å². The summed E-state index contributed by atoms with van der Waals surface area (Å²) in [4.78, 5) is 26.0. The highest BCUT2D eigenvalue weighted by Gasteiger charge is 2.16. The average molecular weight is 342 g/mol. The third-order valence-electron chi connectivity index (χ3n) is 3.34.